The van der Waals surface area contributed by atoms with Gasteiger partial charge in [0.25, 0.3) is 0 Å². The van der Waals surface area contributed by atoms with Crippen LogP contribution in [-0.4, -0.2) is 36.6 Å². The van der Waals surface area contributed by atoms with E-state index in [2.05, 4.69) is 24.1 Å². The summed E-state index contributed by atoms with van der Waals surface area (Å²) in [4.78, 5) is 2.75. The number of hydrogen-bond acceptors (Lipinski definition) is 2. The van der Waals surface area contributed by atoms with Gasteiger partial charge in [-0.25, -0.2) is 0 Å². The Morgan fingerprint density at radius 3 is 3.00 bits per heavy atom. The van der Waals surface area contributed by atoms with Crippen LogP contribution in [-0.2, 0) is 0 Å². The number of nitrogens with zero attached hydrogens (tertiary/aromatic N) is 1. The second kappa shape index (κ2) is 3.21. The molecule has 2 aliphatic heterocycles. The van der Waals surface area contributed by atoms with Gasteiger partial charge in [0, 0.05) is 31.7 Å². The lowest BCUT2D eigenvalue weighted by Crippen LogP contribution is -2.55. The molecule has 2 heteroatoms. The van der Waals surface area contributed by atoms with Gasteiger partial charge in [0.15, 0.2) is 0 Å². The van der Waals surface area contributed by atoms with Crippen molar-refractivity contribution in [3.8, 4) is 0 Å². The molecule has 0 aromatic rings. The lowest BCUT2D eigenvalue weighted by Gasteiger charge is -2.38. The predicted octanol–water partition coefficient (Wildman–Crippen LogP) is 1.32. The molecule has 2 saturated heterocycles. The number of piperazine rings is 1. The molecule has 0 bridgehead atoms. The summed E-state index contributed by atoms with van der Waals surface area (Å²) in [6.45, 7) is 8.64. The van der Waals surface area contributed by atoms with Crippen LogP contribution in [0.1, 0.15) is 26.7 Å². The molecule has 4 atom stereocenters. The number of nitrogens with one attached hydrogen (secondary N) is 1. The Labute approximate surface area is 87.0 Å². The Bertz CT molecular complexity index is 226. The lowest BCUT2D eigenvalue weighted by molar-refractivity contribution is 0.139. The average molecular weight is 194 g/mol. The maximum Gasteiger partial charge on any atom is 0.0252 e. The lowest BCUT2D eigenvalue weighted by atomic mass is 9.99. The van der Waals surface area contributed by atoms with E-state index in [-0.39, 0.29) is 0 Å². The first kappa shape index (κ1) is 9.17. The van der Waals surface area contributed by atoms with Gasteiger partial charge in [-0.3, -0.25) is 4.90 Å². The van der Waals surface area contributed by atoms with Crippen LogP contribution in [0.5, 0.6) is 0 Å². The zero-order valence-electron chi connectivity index (χ0n) is 9.37. The third-order valence-corrected chi connectivity index (χ3v) is 4.24. The topological polar surface area (TPSA) is 15.3 Å². The Morgan fingerprint density at radius 1 is 1.36 bits per heavy atom. The molecule has 2 nitrogen and oxygen atoms in total. The highest BCUT2D eigenvalue weighted by molar-refractivity contribution is 5.07. The van der Waals surface area contributed by atoms with E-state index in [0.29, 0.717) is 0 Å². The van der Waals surface area contributed by atoms with Gasteiger partial charge in [0.2, 0.25) is 0 Å². The fraction of sp³-hybridized carbons (Fsp3) is 1.00. The van der Waals surface area contributed by atoms with Crippen molar-refractivity contribution in [1.29, 1.82) is 0 Å². The molecule has 1 saturated carbocycles. The third kappa shape index (κ3) is 1.49. The molecule has 0 radical (unpaired) electrons. The fourth-order valence-electron chi connectivity index (χ4n) is 3.51. The van der Waals surface area contributed by atoms with Crippen LogP contribution in [0.4, 0.5) is 0 Å². The molecule has 0 aromatic heterocycles. The molecule has 3 fully saturated rings. The van der Waals surface area contributed by atoms with Crippen LogP contribution >= 0.6 is 0 Å². The minimum absolute atomic E-state index is 0.767. The van der Waals surface area contributed by atoms with Crippen LogP contribution in [0.2, 0.25) is 0 Å². The van der Waals surface area contributed by atoms with Crippen LogP contribution in [0, 0.1) is 17.8 Å². The minimum Gasteiger partial charge on any atom is -0.311 e. The third-order valence-electron chi connectivity index (χ3n) is 4.24. The van der Waals surface area contributed by atoms with Gasteiger partial charge in [-0.2, -0.15) is 0 Å². The van der Waals surface area contributed by atoms with E-state index in [1.165, 1.54) is 32.5 Å². The van der Waals surface area contributed by atoms with Crippen molar-refractivity contribution in [2.75, 3.05) is 19.6 Å². The predicted molar refractivity (Wildman–Crippen MR) is 58.2 cm³/mol. The monoisotopic (exact) mass is 194 g/mol. The van der Waals surface area contributed by atoms with E-state index in [9.17, 15) is 0 Å². The summed E-state index contributed by atoms with van der Waals surface area (Å²) in [6.07, 6.45) is 2.87. The number of fused-ring (bicyclic) bond motifs is 3. The molecular formula is C12H22N2. The zero-order valence-corrected chi connectivity index (χ0v) is 9.37. The van der Waals surface area contributed by atoms with E-state index in [0.717, 1.165) is 29.8 Å². The molecular weight excluding hydrogens is 172 g/mol. The quantitative estimate of drug-likeness (QED) is 0.713. The molecule has 80 valence electrons. The molecule has 1 aliphatic carbocycles. The van der Waals surface area contributed by atoms with E-state index in [4.69, 9.17) is 0 Å². The van der Waals surface area contributed by atoms with E-state index in [1.807, 2.05) is 0 Å². The number of hydrogen-bond donors (Lipinski definition) is 1. The molecule has 3 rings (SSSR count). The minimum atomic E-state index is 0.767. The maximum absolute atomic E-state index is 3.74. The van der Waals surface area contributed by atoms with Crippen LogP contribution in [0.3, 0.4) is 0 Å². The number of rotatable bonds is 2. The van der Waals surface area contributed by atoms with Gasteiger partial charge < -0.3 is 5.32 Å². The summed E-state index contributed by atoms with van der Waals surface area (Å²) in [5.41, 5.74) is 0. The summed E-state index contributed by atoms with van der Waals surface area (Å²) in [5.74, 6) is 2.99. The van der Waals surface area contributed by atoms with Crippen molar-refractivity contribution >= 4 is 0 Å². The Balaban J connectivity index is 1.58. The smallest absolute Gasteiger partial charge is 0.0252 e. The molecule has 2 heterocycles. The van der Waals surface area contributed by atoms with Crippen LogP contribution < -0.4 is 5.32 Å². The standard InChI is InChI=1S/C12H22N2/c1-8(2)3-10-7-14-6-9-4-11(9)12(14)5-13-10/h8-13H,3-7H2,1-2H3/t9?,10-,11?,12?/m1/s1. The van der Waals surface area contributed by atoms with Gasteiger partial charge in [-0.1, -0.05) is 13.8 Å². The summed E-state index contributed by atoms with van der Waals surface area (Å²) in [5, 5.41) is 3.74. The molecule has 0 spiro atoms. The zero-order chi connectivity index (χ0) is 9.71. The van der Waals surface area contributed by atoms with Crippen molar-refractivity contribution in [3.05, 3.63) is 0 Å². The first-order chi connectivity index (χ1) is 6.74. The fourth-order valence-corrected chi connectivity index (χ4v) is 3.51. The molecule has 0 amide bonds. The Kier molecular flexibility index (Phi) is 2.10. The second-order valence-electron chi connectivity index (χ2n) is 5.92. The Hall–Kier alpha value is -0.0800. The first-order valence-corrected chi connectivity index (χ1v) is 6.21. The Morgan fingerprint density at radius 2 is 2.21 bits per heavy atom. The van der Waals surface area contributed by atoms with Gasteiger partial charge in [0.05, 0.1) is 0 Å². The summed E-state index contributed by atoms with van der Waals surface area (Å²) < 4.78 is 0. The highest BCUT2D eigenvalue weighted by Gasteiger charge is 2.53. The van der Waals surface area contributed by atoms with Crippen molar-refractivity contribution in [3.63, 3.8) is 0 Å². The normalized spacial score (nSPS) is 46.5. The second-order valence-corrected chi connectivity index (χ2v) is 5.92. The van der Waals surface area contributed by atoms with E-state index >= 15 is 0 Å². The first-order valence-electron chi connectivity index (χ1n) is 6.21. The van der Waals surface area contributed by atoms with Crippen molar-refractivity contribution < 1.29 is 0 Å². The van der Waals surface area contributed by atoms with Crippen molar-refractivity contribution in [2.24, 2.45) is 17.8 Å². The molecule has 1 N–H and O–H groups in total. The van der Waals surface area contributed by atoms with Crippen molar-refractivity contribution in [1.82, 2.24) is 10.2 Å². The van der Waals surface area contributed by atoms with E-state index < -0.39 is 0 Å². The number of piperidine rings is 1. The maximum atomic E-state index is 3.74. The molecule has 0 aromatic carbocycles. The summed E-state index contributed by atoms with van der Waals surface area (Å²) >= 11 is 0. The summed E-state index contributed by atoms with van der Waals surface area (Å²) in [6, 6.07) is 1.67. The van der Waals surface area contributed by atoms with E-state index in [1.54, 1.807) is 0 Å². The molecule has 3 aliphatic rings. The summed E-state index contributed by atoms with van der Waals surface area (Å²) in [7, 11) is 0. The average Bonchev–Trinajstić information content (AvgIpc) is 2.77. The van der Waals surface area contributed by atoms with Gasteiger partial charge in [-0.15, -0.1) is 0 Å². The molecule has 14 heavy (non-hydrogen) atoms. The molecule has 3 unspecified atom stereocenters. The highest BCUT2D eigenvalue weighted by Crippen LogP contribution is 2.50. The van der Waals surface area contributed by atoms with Crippen LogP contribution in [0.15, 0.2) is 0 Å². The largest absolute Gasteiger partial charge is 0.311 e. The highest BCUT2D eigenvalue weighted by atomic mass is 15.3. The van der Waals surface area contributed by atoms with Gasteiger partial charge in [-0.05, 0) is 30.6 Å². The van der Waals surface area contributed by atoms with Crippen molar-refractivity contribution in [2.45, 2.75) is 38.8 Å². The van der Waals surface area contributed by atoms with Gasteiger partial charge in [0.1, 0.15) is 0 Å². The van der Waals surface area contributed by atoms with Gasteiger partial charge >= 0.3 is 0 Å². The van der Waals surface area contributed by atoms with Crippen LogP contribution in [0.25, 0.3) is 0 Å². The SMILES string of the molecule is CC(C)C[C@@H]1CN2CC3CC3C2CN1.